The van der Waals surface area contributed by atoms with Gasteiger partial charge in [0.2, 0.25) is 10.0 Å². The van der Waals surface area contributed by atoms with Gasteiger partial charge >= 0.3 is 12.1 Å². The van der Waals surface area contributed by atoms with Gasteiger partial charge in [-0.2, -0.15) is 13.2 Å². The molecule has 9 heteroatoms. The van der Waals surface area contributed by atoms with E-state index in [-0.39, 0.29) is 19.5 Å². The van der Waals surface area contributed by atoms with Gasteiger partial charge in [-0.3, -0.25) is 4.79 Å². The van der Waals surface area contributed by atoms with Crippen LogP contribution in [0.15, 0.2) is 0 Å². The summed E-state index contributed by atoms with van der Waals surface area (Å²) >= 11 is 0. The second-order valence-electron chi connectivity index (χ2n) is 5.41. The molecule has 124 valence electrons. The number of halogens is 3. The average Bonchev–Trinajstić information content (AvgIpc) is 2.36. The summed E-state index contributed by atoms with van der Waals surface area (Å²) in [5.41, 5.74) is -1.13. The first-order valence-corrected chi connectivity index (χ1v) is 8.41. The molecule has 0 spiro atoms. The molecule has 0 amide bonds. The van der Waals surface area contributed by atoms with Crippen LogP contribution in [-0.2, 0) is 14.8 Å². The molecule has 0 aliphatic carbocycles. The zero-order valence-corrected chi connectivity index (χ0v) is 12.6. The monoisotopic (exact) mass is 331 g/mol. The van der Waals surface area contributed by atoms with Gasteiger partial charge in [-0.25, -0.2) is 12.7 Å². The van der Waals surface area contributed by atoms with E-state index >= 15 is 0 Å². The van der Waals surface area contributed by atoms with Gasteiger partial charge in [-0.05, 0) is 25.7 Å². The highest BCUT2D eigenvalue weighted by Crippen LogP contribution is 2.35. The smallest absolute Gasteiger partial charge is 0.389 e. The van der Waals surface area contributed by atoms with E-state index in [4.69, 9.17) is 0 Å². The number of piperidine rings is 1. The quantitative estimate of drug-likeness (QED) is 0.810. The van der Waals surface area contributed by atoms with Crippen LogP contribution in [0, 0.1) is 5.41 Å². The Morgan fingerprint density at radius 1 is 1.38 bits per heavy atom. The topological polar surface area (TPSA) is 74.7 Å². The Morgan fingerprint density at radius 3 is 2.48 bits per heavy atom. The van der Waals surface area contributed by atoms with Crippen LogP contribution in [0.3, 0.4) is 0 Å². The minimum absolute atomic E-state index is 0.160. The summed E-state index contributed by atoms with van der Waals surface area (Å²) in [6, 6.07) is 0. The number of aliphatic carboxylic acids is 1. The largest absolute Gasteiger partial charge is 0.481 e. The number of nitrogens with zero attached hydrogens (tertiary/aromatic N) is 1. The molecule has 0 saturated carbocycles. The molecule has 21 heavy (non-hydrogen) atoms. The standard InChI is InChI=1S/C12H20F3NO4S/c1-2-11(10(17)18)5-3-7-16(9-11)21(19,20)8-4-6-12(13,14)15/h2-9H2,1H3,(H,17,18). The number of alkyl halides is 3. The second kappa shape index (κ2) is 6.51. The first-order valence-electron chi connectivity index (χ1n) is 6.80. The van der Waals surface area contributed by atoms with Crippen LogP contribution < -0.4 is 0 Å². The molecule has 1 aliphatic rings. The summed E-state index contributed by atoms with van der Waals surface area (Å²) in [4.78, 5) is 11.4. The van der Waals surface area contributed by atoms with E-state index in [1.165, 1.54) is 0 Å². The third kappa shape index (κ3) is 4.84. The second-order valence-corrected chi connectivity index (χ2v) is 7.50. The minimum Gasteiger partial charge on any atom is -0.481 e. The Balaban J connectivity index is 2.73. The van der Waals surface area contributed by atoms with Gasteiger partial charge in [0.15, 0.2) is 0 Å². The average molecular weight is 331 g/mol. The fraction of sp³-hybridized carbons (Fsp3) is 0.917. The van der Waals surface area contributed by atoms with Gasteiger partial charge in [0.1, 0.15) is 0 Å². The number of carbonyl (C=O) groups is 1. The van der Waals surface area contributed by atoms with Gasteiger partial charge in [0.05, 0.1) is 11.2 Å². The molecule has 0 aromatic rings. The lowest BCUT2D eigenvalue weighted by atomic mass is 9.78. The Hall–Kier alpha value is -0.830. The summed E-state index contributed by atoms with van der Waals surface area (Å²) in [5.74, 6) is -1.66. The van der Waals surface area contributed by atoms with E-state index < -0.39 is 46.2 Å². The molecule has 0 aromatic carbocycles. The molecule has 0 bridgehead atoms. The molecular weight excluding hydrogens is 311 g/mol. The van der Waals surface area contributed by atoms with Crippen molar-refractivity contribution < 1.29 is 31.5 Å². The van der Waals surface area contributed by atoms with Gasteiger partial charge in [0, 0.05) is 19.5 Å². The van der Waals surface area contributed by atoms with Crippen molar-refractivity contribution in [1.82, 2.24) is 4.31 Å². The highest BCUT2D eigenvalue weighted by atomic mass is 32.2. The molecule has 0 radical (unpaired) electrons. The lowest BCUT2D eigenvalue weighted by molar-refractivity contribution is -0.151. The lowest BCUT2D eigenvalue weighted by Gasteiger charge is -2.38. The van der Waals surface area contributed by atoms with Crippen molar-refractivity contribution in [2.75, 3.05) is 18.8 Å². The maximum Gasteiger partial charge on any atom is 0.389 e. The van der Waals surface area contributed by atoms with Crippen LogP contribution in [0.2, 0.25) is 0 Å². The van der Waals surface area contributed by atoms with Crippen LogP contribution in [0.5, 0.6) is 0 Å². The van der Waals surface area contributed by atoms with Crippen LogP contribution in [0.4, 0.5) is 13.2 Å². The van der Waals surface area contributed by atoms with E-state index in [0.717, 1.165) is 4.31 Å². The Bertz CT molecular complexity index is 477. The van der Waals surface area contributed by atoms with E-state index in [0.29, 0.717) is 12.8 Å². The zero-order chi connectivity index (χ0) is 16.3. The van der Waals surface area contributed by atoms with Crippen molar-refractivity contribution in [1.29, 1.82) is 0 Å². The first kappa shape index (κ1) is 18.2. The molecule has 1 aliphatic heterocycles. The zero-order valence-electron chi connectivity index (χ0n) is 11.8. The van der Waals surface area contributed by atoms with Crippen LogP contribution in [0.1, 0.15) is 39.0 Å². The number of carboxylic acid groups (broad SMARTS) is 1. The third-order valence-corrected chi connectivity index (χ3v) is 5.83. The summed E-state index contributed by atoms with van der Waals surface area (Å²) in [6.07, 6.45) is -4.97. The molecule has 1 rings (SSSR count). The predicted molar refractivity (Wildman–Crippen MR) is 70.2 cm³/mol. The Morgan fingerprint density at radius 2 is 2.00 bits per heavy atom. The van der Waals surface area contributed by atoms with Crippen LogP contribution >= 0.6 is 0 Å². The summed E-state index contributed by atoms with van der Waals surface area (Å²) in [6.45, 7) is 1.68. The molecule has 1 heterocycles. The van der Waals surface area contributed by atoms with Crippen molar-refractivity contribution in [3.05, 3.63) is 0 Å². The molecule has 1 atom stereocenters. The van der Waals surface area contributed by atoms with E-state index in [1.54, 1.807) is 6.92 Å². The SMILES string of the molecule is CCC1(C(=O)O)CCCN(S(=O)(=O)CCCC(F)(F)F)C1. The fourth-order valence-corrected chi connectivity index (χ4v) is 4.14. The number of sulfonamides is 1. The highest BCUT2D eigenvalue weighted by Gasteiger charge is 2.44. The number of hydrogen-bond donors (Lipinski definition) is 1. The molecule has 1 fully saturated rings. The van der Waals surface area contributed by atoms with E-state index in [1.807, 2.05) is 0 Å². The molecule has 1 N–H and O–H groups in total. The van der Waals surface area contributed by atoms with Gasteiger partial charge < -0.3 is 5.11 Å². The van der Waals surface area contributed by atoms with Crippen LogP contribution in [0.25, 0.3) is 0 Å². The van der Waals surface area contributed by atoms with Crippen LogP contribution in [-0.4, -0.2) is 48.8 Å². The minimum atomic E-state index is -4.38. The fourth-order valence-electron chi connectivity index (χ4n) is 2.53. The normalized spacial score (nSPS) is 25.0. The van der Waals surface area contributed by atoms with Crippen molar-refractivity contribution in [3.8, 4) is 0 Å². The van der Waals surface area contributed by atoms with Gasteiger partial charge in [-0.15, -0.1) is 0 Å². The van der Waals surface area contributed by atoms with E-state index in [2.05, 4.69) is 0 Å². The summed E-state index contributed by atoms with van der Waals surface area (Å²) < 4.78 is 61.4. The molecule has 5 nitrogen and oxygen atoms in total. The molecule has 1 saturated heterocycles. The van der Waals surface area contributed by atoms with Crippen molar-refractivity contribution in [2.45, 2.75) is 45.2 Å². The lowest BCUT2D eigenvalue weighted by Crippen LogP contribution is -2.50. The Kier molecular flexibility index (Phi) is 5.65. The number of rotatable bonds is 6. The number of hydrogen-bond acceptors (Lipinski definition) is 3. The van der Waals surface area contributed by atoms with Crippen molar-refractivity contribution in [2.24, 2.45) is 5.41 Å². The summed E-state index contributed by atoms with van der Waals surface area (Å²) in [7, 11) is -3.85. The molecule has 0 aromatic heterocycles. The molecular formula is C12H20F3NO4S. The van der Waals surface area contributed by atoms with E-state index in [9.17, 15) is 31.5 Å². The number of carboxylic acids is 1. The predicted octanol–water partition coefficient (Wildman–Crippen LogP) is 2.24. The Labute approximate surface area is 122 Å². The first-order chi connectivity index (χ1) is 9.52. The maximum atomic E-state index is 12.1. The maximum absolute atomic E-state index is 12.1. The van der Waals surface area contributed by atoms with Crippen molar-refractivity contribution >= 4 is 16.0 Å². The molecule has 1 unspecified atom stereocenters. The van der Waals surface area contributed by atoms with Gasteiger partial charge in [-0.1, -0.05) is 6.92 Å². The highest BCUT2D eigenvalue weighted by molar-refractivity contribution is 7.89. The van der Waals surface area contributed by atoms with Gasteiger partial charge in [0.25, 0.3) is 0 Å². The summed E-state index contributed by atoms with van der Waals surface area (Å²) in [5, 5.41) is 9.28. The third-order valence-electron chi connectivity index (χ3n) is 3.93. The van der Waals surface area contributed by atoms with Crippen molar-refractivity contribution in [3.63, 3.8) is 0 Å².